The second kappa shape index (κ2) is 5.32. The molecule has 2 amide bonds. The van der Waals surface area contributed by atoms with Crippen molar-refractivity contribution in [2.24, 2.45) is 0 Å². The first-order chi connectivity index (χ1) is 9.43. The van der Waals surface area contributed by atoms with Crippen LogP contribution in [-0.2, 0) is 4.79 Å². The number of urea groups is 1. The summed E-state index contributed by atoms with van der Waals surface area (Å²) in [6.07, 6.45) is 0. The summed E-state index contributed by atoms with van der Waals surface area (Å²) in [6.45, 7) is 4.83. The van der Waals surface area contributed by atoms with Gasteiger partial charge in [-0.3, -0.25) is 9.69 Å². The number of hydrogen-bond donors (Lipinski definition) is 1. The van der Waals surface area contributed by atoms with Gasteiger partial charge in [-0.15, -0.1) is 0 Å². The lowest BCUT2D eigenvalue weighted by atomic mass is 10.1. The van der Waals surface area contributed by atoms with Gasteiger partial charge < -0.3 is 10.0 Å². The zero-order chi connectivity index (χ0) is 14.9. The topological polar surface area (TPSA) is 77.9 Å². The summed E-state index contributed by atoms with van der Waals surface area (Å²) in [6, 6.07) is 6.15. The number of ketones is 1. The van der Waals surface area contributed by atoms with Gasteiger partial charge >= 0.3 is 12.0 Å². The molecule has 0 spiro atoms. The van der Waals surface area contributed by atoms with E-state index < -0.39 is 11.8 Å². The van der Waals surface area contributed by atoms with Crippen LogP contribution in [0.3, 0.4) is 0 Å². The second-order valence-corrected chi connectivity index (χ2v) is 4.87. The van der Waals surface area contributed by atoms with Crippen LogP contribution >= 0.6 is 0 Å². The summed E-state index contributed by atoms with van der Waals surface area (Å²) in [5.74, 6) is -2.53. The van der Waals surface area contributed by atoms with Gasteiger partial charge in [0.1, 0.15) is 0 Å². The summed E-state index contributed by atoms with van der Waals surface area (Å²) in [7, 11) is 0. The number of carboxylic acids is 1. The van der Waals surface area contributed by atoms with Crippen molar-refractivity contribution in [1.29, 1.82) is 0 Å². The summed E-state index contributed by atoms with van der Waals surface area (Å²) in [5, 5.41) is 8.85. The number of amides is 2. The molecule has 1 aliphatic heterocycles. The molecule has 1 N–H and O–H groups in total. The first kappa shape index (κ1) is 14.0. The third-order valence-corrected chi connectivity index (χ3v) is 3.30. The van der Waals surface area contributed by atoms with E-state index in [1.54, 1.807) is 23.1 Å². The monoisotopic (exact) mass is 276 g/mol. The molecule has 1 saturated heterocycles. The number of para-hydroxylation sites is 1. The minimum absolute atomic E-state index is 0.0407. The third-order valence-electron chi connectivity index (χ3n) is 3.30. The maximum absolute atomic E-state index is 12.3. The summed E-state index contributed by atoms with van der Waals surface area (Å²) in [5.41, 5.74) is 0.395. The Morgan fingerprint density at radius 2 is 1.85 bits per heavy atom. The fraction of sp³-hybridized carbons (Fsp3) is 0.357. The molecule has 0 radical (unpaired) electrons. The van der Waals surface area contributed by atoms with Crippen LogP contribution in [0, 0.1) is 0 Å². The Morgan fingerprint density at radius 3 is 2.40 bits per heavy atom. The highest BCUT2D eigenvalue weighted by Crippen LogP contribution is 2.26. The average molecular weight is 276 g/mol. The molecule has 106 valence electrons. The van der Waals surface area contributed by atoms with Gasteiger partial charge in [-0.05, 0) is 26.0 Å². The van der Waals surface area contributed by atoms with Gasteiger partial charge in [0.25, 0.3) is 5.78 Å². The third kappa shape index (κ3) is 2.36. The van der Waals surface area contributed by atoms with Crippen molar-refractivity contribution < 1.29 is 19.5 Å². The van der Waals surface area contributed by atoms with Gasteiger partial charge in [0, 0.05) is 19.1 Å². The smallest absolute Gasteiger partial charge is 0.377 e. The van der Waals surface area contributed by atoms with Crippen LogP contribution in [0.1, 0.15) is 24.2 Å². The minimum Gasteiger partial charge on any atom is -0.475 e. The number of nitrogens with zero attached hydrogens (tertiary/aromatic N) is 2. The number of Topliss-reactive ketones (excluding diaryl/α,β-unsaturated/α-hetero) is 1. The molecule has 1 heterocycles. The summed E-state index contributed by atoms with van der Waals surface area (Å²) >= 11 is 0. The van der Waals surface area contributed by atoms with Gasteiger partial charge in [0.15, 0.2) is 0 Å². The van der Waals surface area contributed by atoms with Crippen molar-refractivity contribution in [3.05, 3.63) is 29.8 Å². The van der Waals surface area contributed by atoms with Crippen LogP contribution in [0.2, 0.25) is 0 Å². The van der Waals surface area contributed by atoms with Gasteiger partial charge in [0.05, 0.1) is 11.3 Å². The van der Waals surface area contributed by atoms with Crippen LogP contribution in [0.5, 0.6) is 0 Å². The Bertz CT molecular complexity index is 568. The van der Waals surface area contributed by atoms with Crippen LogP contribution < -0.4 is 4.90 Å². The number of carbonyl (C=O) groups is 3. The maximum atomic E-state index is 12.3. The van der Waals surface area contributed by atoms with E-state index in [2.05, 4.69) is 0 Å². The largest absolute Gasteiger partial charge is 0.475 e. The van der Waals surface area contributed by atoms with Crippen LogP contribution in [0.25, 0.3) is 0 Å². The molecule has 0 saturated carbocycles. The Balaban J connectivity index is 2.37. The SMILES string of the molecule is CC(C)N1CCN(c2ccccc2C(=O)C(=O)O)C1=O. The molecule has 0 aromatic heterocycles. The average Bonchev–Trinajstić information content (AvgIpc) is 2.79. The number of anilines is 1. The van der Waals surface area contributed by atoms with Crippen molar-refractivity contribution >= 4 is 23.5 Å². The van der Waals surface area contributed by atoms with Gasteiger partial charge in [-0.25, -0.2) is 9.59 Å². The molecule has 0 bridgehead atoms. The molecule has 2 rings (SSSR count). The van der Waals surface area contributed by atoms with E-state index in [1.165, 1.54) is 11.0 Å². The molecular formula is C14H16N2O4. The number of hydrogen-bond acceptors (Lipinski definition) is 3. The van der Waals surface area contributed by atoms with Crippen molar-refractivity contribution in [2.45, 2.75) is 19.9 Å². The molecular weight excluding hydrogens is 260 g/mol. The molecule has 6 nitrogen and oxygen atoms in total. The number of carboxylic acid groups (broad SMARTS) is 1. The maximum Gasteiger partial charge on any atom is 0.377 e. The van der Waals surface area contributed by atoms with Crippen LogP contribution in [0.15, 0.2) is 24.3 Å². The molecule has 1 aromatic carbocycles. The zero-order valence-corrected chi connectivity index (χ0v) is 11.4. The highest BCUT2D eigenvalue weighted by molar-refractivity contribution is 6.41. The number of aliphatic carboxylic acids is 1. The Morgan fingerprint density at radius 1 is 1.20 bits per heavy atom. The molecule has 20 heavy (non-hydrogen) atoms. The normalized spacial score (nSPS) is 15.1. The lowest BCUT2D eigenvalue weighted by Gasteiger charge is -2.22. The van der Waals surface area contributed by atoms with Crippen molar-refractivity contribution in [1.82, 2.24) is 4.90 Å². The summed E-state index contributed by atoms with van der Waals surface area (Å²) < 4.78 is 0. The quantitative estimate of drug-likeness (QED) is 0.669. The standard InChI is InChI=1S/C14H16N2O4/c1-9(2)15-7-8-16(14(15)20)11-6-4-3-5-10(11)12(17)13(18)19/h3-6,9H,7-8H2,1-2H3,(H,18,19). The van der Waals surface area contributed by atoms with E-state index in [-0.39, 0.29) is 17.6 Å². The van der Waals surface area contributed by atoms with Gasteiger partial charge in [-0.2, -0.15) is 0 Å². The first-order valence-electron chi connectivity index (χ1n) is 6.38. The predicted molar refractivity (Wildman–Crippen MR) is 73.0 cm³/mol. The lowest BCUT2D eigenvalue weighted by Crippen LogP contribution is -2.36. The predicted octanol–water partition coefficient (Wildman–Crippen LogP) is 1.60. The molecule has 1 fully saturated rings. The van der Waals surface area contributed by atoms with E-state index >= 15 is 0 Å². The van der Waals surface area contributed by atoms with Gasteiger partial charge in [0.2, 0.25) is 0 Å². The zero-order valence-electron chi connectivity index (χ0n) is 11.4. The van der Waals surface area contributed by atoms with Crippen molar-refractivity contribution in [3.63, 3.8) is 0 Å². The molecule has 0 atom stereocenters. The molecule has 6 heteroatoms. The number of benzene rings is 1. The van der Waals surface area contributed by atoms with E-state index in [0.717, 1.165) is 0 Å². The molecule has 0 unspecified atom stereocenters. The molecule has 0 aliphatic carbocycles. The molecule has 1 aliphatic rings. The van der Waals surface area contributed by atoms with Crippen LogP contribution in [0.4, 0.5) is 10.5 Å². The Hall–Kier alpha value is -2.37. The number of carbonyl (C=O) groups excluding carboxylic acids is 2. The molecule has 1 aromatic rings. The highest BCUT2D eigenvalue weighted by Gasteiger charge is 2.33. The van der Waals surface area contributed by atoms with Crippen molar-refractivity contribution in [3.8, 4) is 0 Å². The van der Waals surface area contributed by atoms with E-state index in [9.17, 15) is 14.4 Å². The lowest BCUT2D eigenvalue weighted by molar-refractivity contribution is -0.131. The minimum atomic E-state index is -1.52. The second-order valence-electron chi connectivity index (χ2n) is 4.87. The Kier molecular flexibility index (Phi) is 3.74. The van der Waals surface area contributed by atoms with E-state index in [0.29, 0.717) is 18.8 Å². The fourth-order valence-electron chi connectivity index (χ4n) is 2.27. The van der Waals surface area contributed by atoms with Crippen molar-refractivity contribution in [2.75, 3.05) is 18.0 Å². The number of rotatable bonds is 4. The summed E-state index contributed by atoms with van der Waals surface area (Å²) in [4.78, 5) is 38.0. The van der Waals surface area contributed by atoms with E-state index in [1.807, 2.05) is 13.8 Å². The fourth-order valence-corrected chi connectivity index (χ4v) is 2.27. The van der Waals surface area contributed by atoms with Crippen LogP contribution in [-0.4, -0.2) is 46.9 Å². The van der Waals surface area contributed by atoms with Gasteiger partial charge in [-0.1, -0.05) is 12.1 Å². The van der Waals surface area contributed by atoms with E-state index in [4.69, 9.17) is 5.11 Å². The Labute approximate surface area is 116 Å². The first-order valence-corrected chi connectivity index (χ1v) is 6.38. The highest BCUT2D eigenvalue weighted by atomic mass is 16.4.